The average Bonchev–Trinajstić information content (AvgIpc) is 2.73. The molecule has 0 saturated carbocycles. The van der Waals surface area contributed by atoms with Crippen LogP contribution in [0.4, 0.5) is 24.5 Å². The lowest BCUT2D eigenvalue weighted by Crippen LogP contribution is -2.09. The molecule has 31 heavy (non-hydrogen) atoms. The molecular formula is C22H21F3IN3O2. The molecule has 0 spiro atoms. The van der Waals surface area contributed by atoms with Crippen molar-refractivity contribution in [2.45, 2.75) is 25.7 Å². The topological polar surface area (TPSA) is 69.4 Å². The summed E-state index contributed by atoms with van der Waals surface area (Å²) in [6, 6.07) is 13.5. The Kier molecular flexibility index (Phi) is 7.14. The lowest BCUT2D eigenvalue weighted by Gasteiger charge is -2.19. The summed E-state index contributed by atoms with van der Waals surface area (Å²) in [4.78, 5) is 3.44. The van der Waals surface area contributed by atoms with Gasteiger partial charge in [-0.3, -0.25) is 4.98 Å². The molecule has 0 fully saturated rings. The Balaban J connectivity index is 1.69. The number of aromatic nitrogens is 1. The highest BCUT2D eigenvalue weighted by molar-refractivity contribution is 14.1. The highest BCUT2D eigenvalue weighted by Gasteiger charge is 2.32. The van der Waals surface area contributed by atoms with Crippen molar-refractivity contribution in [1.82, 2.24) is 4.98 Å². The number of rotatable bonds is 7. The summed E-state index contributed by atoms with van der Waals surface area (Å²) in [5.74, 6) is 0.994. The molecule has 3 N–H and O–H groups in total. The predicted molar refractivity (Wildman–Crippen MR) is 122 cm³/mol. The number of nitrogens with two attached hydrogens (primary N) is 1. The third kappa shape index (κ3) is 5.93. The van der Waals surface area contributed by atoms with E-state index in [1.54, 1.807) is 6.07 Å². The zero-order chi connectivity index (χ0) is 22.6. The van der Waals surface area contributed by atoms with E-state index < -0.39 is 11.9 Å². The van der Waals surface area contributed by atoms with Crippen LogP contribution in [0.5, 0.6) is 11.5 Å². The number of hydrogen-bond donors (Lipinski definition) is 2. The van der Waals surface area contributed by atoms with E-state index in [4.69, 9.17) is 15.2 Å². The Labute approximate surface area is 191 Å². The van der Waals surface area contributed by atoms with Gasteiger partial charge in [0.15, 0.2) is 11.5 Å². The van der Waals surface area contributed by atoms with Crippen LogP contribution in [0.1, 0.15) is 29.8 Å². The number of anilines is 2. The molecule has 0 aliphatic rings. The molecule has 3 aromatic rings. The molecule has 9 heteroatoms. The first kappa shape index (κ1) is 23.0. The number of halogens is 4. The van der Waals surface area contributed by atoms with Crippen LogP contribution in [0.15, 0.2) is 54.7 Å². The van der Waals surface area contributed by atoms with Gasteiger partial charge < -0.3 is 20.5 Å². The first-order valence-electron chi connectivity index (χ1n) is 9.32. The van der Waals surface area contributed by atoms with E-state index in [1.165, 1.54) is 13.2 Å². The molecule has 1 atom stereocenters. The third-order valence-corrected chi connectivity index (χ3v) is 5.25. The minimum absolute atomic E-state index is 0.0515. The lowest BCUT2D eigenvalue weighted by molar-refractivity contribution is -0.141. The first-order chi connectivity index (χ1) is 14.7. The molecule has 3 rings (SSSR count). The van der Waals surface area contributed by atoms with Gasteiger partial charge in [0, 0.05) is 21.4 Å². The molecule has 0 radical (unpaired) electrons. The Morgan fingerprint density at radius 3 is 2.48 bits per heavy atom. The quantitative estimate of drug-likeness (QED) is 0.281. The van der Waals surface area contributed by atoms with E-state index in [9.17, 15) is 13.2 Å². The van der Waals surface area contributed by atoms with Gasteiger partial charge in [-0.1, -0.05) is 12.1 Å². The Bertz CT molecular complexity index is 1040. The number of alkyl halides is 3. The van der Waals surface area contributed by atoms with Crippen molar-refractivity contribution in [1.29, 1.82) is 0 Å². The molecule has 0 aliphatic carbocycles. The minimum Gasteiger partial charge on any atom is -0.493 e. The van der Waals surface area contributed by atoms with Crippen molar-refractivity contribution in [3.63, 3.8) is 0 Å². The van der Waals surface area contributed by atoms with Crippen LogP contribution in [-0.2, 0) is 12.8 Å². The van der Waals surface area contributed by atoms with Crippen LogP contribution in [0, 0.1) is 3.57 Å². The van der Waals surface area contributed by atoms with Gasteiger partial charge in [0.25, 0.3) is 0 Å². The number of benzene rings is 2. The second-order valence-corrected chi connectivity index (χ2v) is 8.09. The van der Waals surface area contributed by atoms with Crippen LogP contribution in [0.3, 0.4) is 0 Å². The standard InChI is InChI=1S/C22H21F3IN3O2/c1-13(29-18-6-5-16(26)10-17(18)27)15-4-7-19(20(9-15)30-2)31-12-14-3-8-21(28-11-14)22(23,24)25/h3-11,13,29H,12,27H2,1-2H3. The number of ether oxygens (including phenoxy) is 2. The van der Waals surface area contributed by atoms with E-state index in [1.807, 2.05) is 37.3 Å². The van der Waals surface area contributed by atoms with E-state index >= 15 is 0 Å². The minimum atomic E-state index is -4.47. The smallest absolute Gasteiger partial charge is 0.433 e. The Morgan fingerprint density at radius 2 is 1.87 bits per heavy atom. The number of nitrogens with one attached hydrogen (secondary N) is 1. The largest absolute Gasteiger partial charge is 0.493 e. The Morgan fingerprint density at radius 1 is 1.10 bits per heavy atom. The average molecular weight is 543 g/mol. The van der Waals surface area contributed by atoms with Crippen molar-refractivity contribution in [2.75, 3.05) is 18.2 Å². The summed E-state index contributed by atoms with van der Waals surface area (Å²) in [6.45, 7) is 2.06. The molecule has 0 saturated heterocycles. The van der Waals surface area contributed by atoms with E-state index in [2.05, 4.69) is 32.9 Å². The van der Waals surface area contributed by atoms with Gasteiger partial charge >= 0.3 is 6.18 Å². The molecular weight excluding hydrogens is 522 g/mol. The van der Waals surface area contributed by atoms with Crippen molar-refractivity contribution < 1.29 is 22.6 Å². The molecule has 0 bridgehead atoms. The monoisotopic (exact) mass is 543 g/mol. The molecule has 1 unspecified atom stereocenters. The zero-order valence-corrected chi connectivity index (χ0v) is 19.0. The molecule has 5 nitrogen and oxygen atoms in total. The fraction of sp³-hybridized carbons (Fsp3) is 0.227. The summed E-state index contributed by atoms with van der Waals surface area (Å²) in [5.41, 5.74) is 8.11. The summed E-state index contributed by atoms with van der Waals surface area (Å²) >= 11 is 2.20. The van der Waals surface area contributed by atoms with Crippen LogP contribution in [0.2, 0.25) is 0 Å². The summed E-state index contributed by atoms with van der Waals surface area (Å²) in [6.07, 6.45) is -3.31. The van der Waals surface area contributed by atoms with Crippen molar-refractivity contribution in [3.8, 4) is 11.5 Å². The molecule has 0 aliphatic heterocycles. The maximum absolute atomic E-state index is 12.6. The highest BCUT2D eigenvalue weighted by Crippen LogP contribution is 2.33. The zero-order valence-electron chi connectivity index (χ0n) is 16.8. The third-order valence-electron chi connectivity index (χ3n) is 4.58. The summed E-state index contributed by atoms with van der Waals surface area (Å²) in [5, 5.41) is 3.37. The first-order valence-corrected chi connectivity index (χ1v) is 10.4. The lowest BCUT2D eigenvalue weighted by atomic mass is 10.1. The molecule has 164 valence electrons. The number of pyridine rings is 1. The molecule has 1 aromatic heterocycles. The van der Waals surface area contributed by atoms with Crippen LogP contribution in [0.25, 0.3) is 0 Å². The summed E-state index contributed by atoms with van der Waals surface area (Å²) < 4.78 is 50.1. The maximum atomic E-state index is 12.6. The number of nitrogen functional groups attached to an aromatic ring is 1. The summed E-state index contributed by atoms with van der Waals surface area (Å²) in [7, 11) is 1.53. The predicted octanol–water partition coefficient (Wildman–Crippen LogP) is 6.05. The fourth-order valence-electron chi connectivity index (χ4n) is 2.89. The highest BCUT2D eigenvalue weighted by atomic mass is 127. The van der Waals surface area contributed by atoms with Crippen LogP contribution < -0.4 is 20.5 Å². The van der Waals surface area contributed by atoms with E-state index in [0.29, 0.717) is 22.7 Å². The Hall–Kier alpha value is -2.69. The number of hydrogen-bond acceptors (Lipinski definition) is 5. The van der Waals surface area contributed by atoms with Gasteiger partial charge in [-0.15, -0.1) is 0 Å². The van der Waals surface area contributed by atoms with Gasteiger partial charge in [-0.25, -0.2) is 0 Å². The molecule has 0 amide bonds. The van der Waals surface area contributed by atoms with Crippen molar-refractivity contribution in [2.24, 2.45) is 0 Å². The molecule has 2 aromatic carbocycles. The SMILES string of the molecule is COc1cc(C(C)Nc2ccc(I)cc2N)ccc1OCc1ccc(C(F)(F)F)nc1. The van der Waals surface area contributed by atoms with Crippen LogP contribution >= 0.6 is 22.6 Å². The van der Waals surface area contributed by atoms with Gasteiger partial charge in [0.05, 0.1) is 18.5 Å². The van der Waals surface area contributed by atoms with Crippen molar-refractivity contribution in [3.05, 3.63) is 75.1 Å². The number of methoxy groups -OCH3 is 1. The normalized spacial score (nSPS) is 12.3. The fourth-order valence-corrected chi connectivity index (χ4v) is 3.41. The van der Waals surface area contributed by atoms with Crippen molar-refractivity contribution >= 4 is 34.0 Å². The second-order valence-electron chi connectivity index (χ2n) is 6.85. The van der Waals surface area contributed by atoms with E-state index in [0.717, 1.165) is 27.1 Å². The molecule has 1 heterocycles. The van der Waals surface area contributed by atoms with E-state index in [-0.39, 0.29) is 12.6 Å². The maximum Gasteiger partial charge on any atom is 0.433 e. The van der Waals surface area contributed by atoms with Gasteiger partial charge in [0.2, 0.25) is 0 Å². The number of nitrogens with zero attached hydrogens (tertiary/aromatic N) is 1. The van der Waals surface area contributed by atoms with Gasteiger partial charge in [0.1, 0.15) is 12.3 Å². The second kappa shape index (κ2) is 9.63. The van der Waals surface area contributed by atoms with Gasteiger partial charge in [-0.05, 0) is 71.5 Å². The van der Waals surface area contributed by atoms with Gasteiger partial charge in [-0.2, -0.15) is 13.2 Å². The van der Waals surface area contributed by atoms with Crippen LogP contribution in [-0.4, -0.2) is 12.1 Å².